The summed E-state index contributed by atoms with van der Waals surface area (Å²) in [6.45, 7) is 26.5. The number of hydrogen-bond acceptors (Lipinski definition) is 0. The van der Waals surface area contributed by atoms with Gasteiger partial charge in [0, 0.05) is 29.4 Å². The van der Waals surface area contributed by atoms with Crippen molar-refractivity contribution in [1.82, 2.24) is 0 Å². The van der Waals surface area contributed by atoms with Crippen molar-refractivity contribution in [2.45, 2.75) is 78.3 Å². The van der Waals surface area contributed by atoms with E-state index in [1.807, 2.05) is 0 Å². The lowest BCUT2D eigenvalue weighted by Gasteiger charge is -2.56. The Morgan fingerprint density at radius 1 is 0.500 bits per heavy atom. The van der Waals surface area contributed by atoms with E-state index in [1.165, 1.54) is 0 Å². The molecule has 16 heavy (non-hydrogen) atoms. The summed E-state index contributed by atoms with van der Waals surface area (Å²) in [5, 5.41) is 0. The molecule has 0 spiro atoms. The molecule has 0 bridgehead atoms. The second-order valence-electron chi connectivity index (χ2n) is 7.87. The van der Waals surface area contributed by atoms with Crippen LogP contribution in [0.3, 0.4) is 0 Å². The minimum atomic E-state index is -0.975. The summed E-state index contributed by atoms with van der Waals surface area (Å²) in [5.74, 6) is 0. The number of rotatable bonds is 5. The van der Waals surface area contributed by atoms with Crippen molar-refractivity contribution in [2.24, 2.45) is 0 Å². The van der Waals surface area contributed by atoms with Gasteiger partial charge < -0.3 is 0 Å². The van der Waals surface area contributed by atoms with Crippen LogP contribution in [-0.2, 0) is 0 Å². The van der Waals surface area contributed by atoms with Crippen LogP contribution in [0.4, 0.5) is 0 Å². The first-order valence-electron chi connectivity index (χ1n) is 6.87. The Kier molecular flexibility index (Phi) is 5.12. The molecule has 2 atom stereocenters. The maximum absolute atomic E-state index is 2.78. The van der Waals surface area contributed by atoms with E-state index < -0.39 is 29.4 Å². The van der Waals surface area contributed by atoms with E-state index >= 15 is 0 Å². The molecule has 98 valence electrons. The largest absolute Gasteiger partial charge is 0.0731 e. The topological polar surface area (TPSA) is 0 Å². The molecule has 0 rings (SSSR count). The maximum Gasteiger partial charge on any atom is 0.0364 e. The summed E-state index contributed by atoms with van der Waals surface area (Å²) in [6.07, 6.45) is 0. The molecule has 0 unspecified atom stereocenters. The third-order valence-electron chi connectivity index (χ3n) is 5.94. The third-order valence-corrected chi connectivity index (χ3v) is 74.9. The summed E-state index contributed by atoms with van der Waals surface area (Å²) in [5.41, 5.74) is 0. The normalized spacial score (nSPS) is 21.4. The van der Waals surface area contributed by atoms with Crippen LogP contribution in [0.25, 0.3) is 0 Å². The van der Waals surface area contributed by atoms with Crippen LogP contribution in [0, 0.1) is 0 Å². The first-order valence-corrected chi connectivity index (χ1v) is 22.3. The highest BCUT2D eigenvalue weighted by atomic mass is 29.8. The number of hydrogen-bond donors (Lipinski definition) is 0. The minimum absolute atomic E-state index is 0.942. The van der Waals surface area contributed by atoms with Crippen LogP contribution in [0.1, 0.15) is 13.8 Å². The summed E-state index contributed by atoms with van der Waals surface area (Å²) < 4.78 is 0. The second kappa shape index (κ2) is 4.86. The van der Waals surface area contributed by atoms with Gasteiger partial charge in [0.2, 0.25) is 0 Å². The van der Waals surface area contributed by atoms with Gasteiger partial charge >= 0.3 is 0 Å². The molecule has 4 heteroatoms. The molecule has 0 aromatic carbocycles. The van der Waals surface area contributed by atoms with Crippen LogP contribution in [0.5, 0.6) is 0 Å². The molecular formula is C12H34Si4. The standard InChI is InChI=1S/C12H34Si4/c1-11-15(9,13(3,4)5)16(10,12-2)14(6,7)8/h11-12H2,1-10H3/t15-,16-/m1/s1. The Labute approximate surface area is 108 Å². The zero-order valence-electron chi connectivity index (χ0n) is 13.4. The Hall–Kier alpha value is 0.868. The average molecular weight is 291 g/mol. The van der Waals surface area contributed by atoms with Crippen LogP contribution < -0.4 is 0 Å². The van der Waals surface area contributed by atoms with Crippen molar-refractivity contribution >= 4 is 29.4 Å². The van der Waals surface area contributed by atoms with Gasteiger partial charge in [-0.25, -0.2) is 0 Å². The van der Waals surface area contributed by atoms with Crippen LogP contribution in [-0.4, -0.2) is 29.4 Å². The van der Waals surface area contributed by atoms with E-state index in [0.717, 1.165) is 0 Å². The van der Waals surface area contributed by atoms with Gasteiger partial charge in [0.25, 0.3) is 0 Å². The monoisotopic (exact) mass is 290 g/mol. The predicted octanol–water partition coefficient (Wildman–Crippen LogP) is 5.10. The molecule has 0 aliphatic carbocycles. The van der Waals surface area contributed by atoms with Gasteiger partial charge in [-0.3, -0.25) is 0 Å². The molecule has 0 N–H and O–H groups in total. The fourth-order valence-corrected chi connectivity index (χ4v) is 84.7. The molecule has 0 aromatic rings. The quantitative estimate of drug-likeness (QED) is 0.618. The molecule has 0 aliphatic rings. The first kappa shape index (κ1) is 16.9. The Bertz CT molecular complexity index is 212. The molecule has 0 amide bonds. The van der Waals surface area contributed by atoms with E-state index in [1.54, 1.807) is 12.1 Å². The lowest BCUT2D eigenvalue weighted by Crippen LogP contribution is -2.79. The summed E-state index contributed by atoms with van der Waals surface area (Å²) in [4.78, 5) is 0. The van der Waals surface area contributed by atoms with Crippen molar-refractivity contribution in [2.75, 3.05) is 0 Å². The van der Waals surface area contributed by atoms with Gasteiger partial charge in [-0.2, -0.15) is 0 Å². The highest BCUT2D eigenvalue weighted by Gasteiger charge is 2.58. The van der Waals surface area contributed by atoms with E-state index in [0.29, 0.717) is 0 Å². The third kappa shape index (κ3) is 2.49. The minimum Gasteiger partial charge on any atom is -0.0731 e. The van der Waals surface area contributed by atoms with E-state index in [9.17, 15) is 0 Å². The van der Waals surface area contributed by atoms with Crippen molar-refractivity contribution in [3.8, 4) is 0 Å². The summed E-state index contributed by atoms with van der Waals surface area (Å²) in [6, 6.07) is 3.09. The molecule has 0 heterocycles. The van der Waals surface area contributed by atoms with Crippen molar-refractivity contribution < 1.29 is 0 Å². The van der Waals surface area contributed by atoms with Gasteiger partial charge in [-0.05, 0) is 0 Å². The SMILES string of the molecule is CC[Si@](C)([Si](C)(C)C)[Si@](C)(CC)[Si](C)(C)C. The van der Waals surface area contributed by atoms with Gasteiger partial charge in [-0.1, -0.05) is 78.3 Å². The van der Waals surface area contributed by atoms with Gasteiger partial charge in [0.1, 0.15) is 0 Å². The van der Waals surface area contributed by atoms with E-state index in [2.05, 4.69) is 66.2 Å². The Morgan fingerprint density at radius 3 is 0.750 bits per heavy atom. The van der Waals surface area contributed by atoms with Crippen LogP contribution in [0.15, 0.2) is 0 Å². The zero-order chi connectivity index (χ0) is 13.4. The van der Waals surface area contributed by atoms with E-state index in [4.69, 9.17) is 0 Å². The van der Waals surface area contributed by atoms with Gasteiger partial charge in [-0.15, -0.1) is 0 Å². The fourth-order valence-electron chi connectivity index (χ4n) is 3.50. The predicted molar refractivity (Wildman–Crippen MR) is 90.9 cm³/mol. The average Bonchev–Trinajstić information content (AvgIpc) is 2.11. The molecular weight excluding hydrogens is 256 g/mol. The second-order valence-corrected chi connectivity index (χ2v) is 48.9. The highest BCUT2D eigenvalue weighted by molar-refractivity contribution is 7.83. The first-order chi connectivity index (χ1) is 6.87. The maximum atomic E-state index is 2.78. The molecule has 0 radical (unpaired) electrons. The molecule has 0 saturated carbocycles. The smallest absolute Gasteiger partial charge is 0.0364 e. The molecule has 0 aromatic heterocycles. The zero-order valence-corrected chi connectivity index (χ0v) is 17.4. The lowest BCUT2D eigenvalue weighted by atomic mass is 11.0. The van der Waals surface area contributed by atoms with Crippen molar-refractivity contribution in [3.05, 3.63) is 0 Å². The van der Waals surface area contributed by atoms with E-state index in [-0.39, 0.29) is 0 Å². The fraction of sp³-hybridized carbons (Fsp3) is 1.00. The Balaban J connectivity index is 5.70. The van der Waals surface area contributed by atoms with Gasteiger partial charge in [0.05, 0.1) is 0 Å². The lowest BCUT2D eigenvalue weighted by molar-refractivity contribution is 1.36. The highest BCUT2D eigenvalue weighted by Crippen LogP contribution is 2.39. The van der Waals surface area contributed by atoms with Crippen molar-refractivity contribution in [1.29, 1.82) is 0 Å². The van der Waals surface area contributed by atoms with Crippen LogP contribution in [0.2, 0.25) is 64.5 Å². The molecule has 0 nitrogen and oxygen atoms in total. The summed E-state index contributed by atoms with van der Waals surface area (Å²) in [7, 11) is -3.83. The van der Waals surface area contributed by atoms with Crippen LogP contribution >= 0.6 is 0 Å². The van der Waals surface area contributed by atoms with Gasteiger partial charge in [0.15, 0.2) is 0 Å². The molecule has 0 saturated heterocycles. The molecule has 0 aliphatic heterocycles. The summed E-state index contributed by atoms with van der Waals surface area (Å²) >= 11 is 0. The van der Waals surface area contributed by atoms with Crippen molar-refractivity contribution in [3.63, 3.8) is 0 Å². The molecule has 0 fully saturated rings. The Morgan fingerprint density at radius 2 is 0.688 bits per heavy atom.